The Bertz CT molecular complexity index is 1310. The molecule has 0 aliphatic carbocycles. The van der Waals surface area contributed by atoms with E-state index in [1.807, 2.05) is 36.4 Å². The third kappa shape index (κ3) is 2.62. The molecule has 0 saturated carbocycles. The quantitative estimate of drug-likeness (QED) is 0.544. The highest BCUT2D eigenvalue weighted by Gasteiger charge is 2.32. The number of hydrogen-bond acceptors (Lipinski definition) is 7. The number of nitrogens with one attached hydrogen (secondary N) is 1. The van der Waals surface area contributed by atoms with E-state index in [1.54, 1.807) is 18.0 Å². The van der Waals surface area contributed by atoms with Gasteiger partial charge in [-0.2, -0.15) is 9.78 Å². The Morgan fingerprint density at radius 1 is 1.20 bits per heavy atom. The molecule has 0 bridgehead atoms. The van der Waals surface area contributed by atoms with Crippen LogP contribution < -0.4 is 19.5 Å². The molecule has 1 N–H and O–H groups in total. The minimum absolute atomic E-state index is 0.0605. The van der Waals surface area contributed by atoms with E-state index in [0.29, 0.717) is 23.1 Å². The van der Waals surface area contributed by atoms with Crippen molar-refractivity contribution in [3.05, 3.63) is 53.7 Å². The van der Waals surface area contributed by atoms with Gasteiger partial charge in [0.15, 0.2) is 11.5 Å². The molecule has 0 radical (unpaired) electrons. The van der Waals surface area contributed by atoms with Gasteiger partial charge in [0.2, 0.25) is 17.8 Å². The van der Waals surface area contributed by atoms with E-state index in [-0.39, 0.29) is 18.6 Å². The number of rotatable bonds is 3. The second-order valence-electron chi connectivity index (χ2n) is 7.11. The van der Waals surface area contributed by atoms with Crippen LogP contribution in [0.2, 0.25) is 0 Å². The van der Waals surface area contributed by atoms with Crippen molar-refractivity contribution in [1.29, 1.82) is 0 Å². The Morgan fingerprint density at radius 2 is 2.10 bits per heavy atom. The number of anilines is 1. The lowest BCUT2D eigenvalue weighted by atomic mass is 9.87. The van der Waals surface area contributed by atoms with Crippen LogP contribution in [0.15, 0.2) is 42.6 Å². The van der Waals surface area contributed by atoms with Gasteiger partial charge < -0.3 is 19.5 Å². The first-order valence-electron chi connectivity index (χ1n) is 9.42. The summed E-state index contributed by atoms with van der Waals surface area (Å²) in [5.41, 5.74) is 2.80. The van der Waals surface area contributed by atoms with Crippen LogP contribution in [-0.4, -0.2) is 34.6 Å². The number of methoxy groups -OCH3 is 1. The average Bonchev–Trinajstić information content (AvgIpc) is 3.48. The molecule has 4 heterocycles. The van der Waals surface area contributed by atoms with E-state index in [1.165, 1.54) is 11.3 Å². The fourth-order valence-electron chi connectivity index (χ4n) is 3.90. The van der Waals surface area contributed by atoms with E-state index < -0.39 is 0 Å². The van der Waals surface area contributed by atoms with Gasteiger partial charge >= 0.3 is 0 Å². The van der Waals surface area contributed by atoms with Gasteiger partial charge in [0, 0.05) is 17.9 Å². The van der Waals surface area contributed by atoms with Crippen molar-refractivity contribution in [3.63, 3.8) is 0 Å². The van der Waals surface area contributed by atoms with E-state index in [9.17, 15) is 4.79 Å². The zero-order valence-corrected chi connectivity index (χ0v) is 16.7. The molecular weight excluding hydrogens is 404 g/mol. The SMILES string of the molecule is COc1ccc2nc(-n3ncc4c3NC(=O)C[C@@H]4c3ccc4c(c3)OCO4)sc2c1. The molecule has 2 aromatic carbocycles. The van der Waals surface area contributed by atoms with Gasteiger partial charge in [-0.3, -0.25) is 4.79 Å². The van der Waals surface area contributed by atoms with E-state index in [0.717, 1.165) is 32.8 Å². The van der Waals surface area contributed by atoms with Crippen molar-refractivity contribution < 1.29 is 19.0 Å². The lowest BCUT2D eigenvalue weighted by Gasteiger charge is -2.23. The molecule has 2 aliphatic heterocycles. The van der Waals surface area contributed by atoms with Gasteiger partial charge in [-0.15, -0.1) is 0 Å². The molecule has 150 valence electrons. The van der Waals surface area contributed by atoms with Crippen LogP contribution in [-0.2, 0) is 4.79 Å². The molecule has 4 aromatic rings. The van der Waals surface area contributed by atoms with Gasteiger partial charge in [0.1, 0.15) is 11.6 Å². The zero-order valence-electron chi connectivity index (χ0n) is 15.9. The predicted octanol–water partition coefficient (Wildman–Crippen LogP) is 3.69. The maximum Gasteiger partial charge on any atom is 0.231 e. The Kier molecular flexibility index (Phi) is 3.72. The maximum absolute atomic E-state index is 12.5. The summed E-state index contributed by atoms with van der Waals surface area (Å²) < 4.78 is 18.9. The number of benzene rings is 2. The first-order valence-corrected chi connectivity index (χ1v) is 10.2. The lowest BCUT2D eigenvalue weighted by molar-refractivity contribution is -0.116. The lowest BCUT2D eigenvalue weighted by Crippen LogP contribution is -2.24. The number of hydrogen-bond donors (Lipinski definition) is 1. The largest absolute Gasteiger partial charge is 0.497 e. The molecule has 6 rings (SSSR count). The van der Waals surface area contributed by atoms with Gasteiger partial charge in [-0.05, 0) is 35.9 Å². The second kappa shape index (κ2) is 6.46. The van der Waals surface area contributed by atoms with Crippen molar-refractivity contribution in [3.8, 4) is 22.4 Å². The highest BCUT2D eigenvalue weighted by Crippen LogP contribution is 2.42. The summed E-state index contributed by atoms with van der Waals surface area (Å²) in [6.45, 7) is 0.218. The second-order valence-corrected chi connectivity index (χ2v) is 8.12. The molecule has 0 unspecified atom stereocenters. The van der Waals surface area contributed by atoms with Crippen LogP contribution in [0.25, 0.3) is 15.3 Å². The fraction of sp³-hybridized carbons (Fsp3) is 0.190. The molecule has 0 saturated heterocycles. The smallest absolute Gasteiger partial charge is 0.231 e. The molecule has 2 aromatic heterocycles. The van der Waals surface area contributed by atoms with E-state index in [2.05, 4.69) is 15.4 Å². The van der Waals surface area contributed by atoms with Crippen molar-refractivity contribution in [1.82, 2.24) is 14.8 Å². The zero-order chi connectivity index (χ0) is 20.2. The third-order valence-electron chi connectivity index (χ3n) is 5.38. The Morgan fingerprint density at radius 3 is 3.00 bits per heavy atom. The molecule has 2 aliphatic rings. The van der Waals surface area contributed by atoms with Crippen LogP contribution in [0.5, 0.6) is 17.2 Å². The first-order chi connectivity index (χ1) is 14.7. The average molecular weight is 420 g/mol. The number of fused-ring (bicyclic) bond motifs is 3. The van der Waals surface area contributed by atoms with Crippen LogP contribution >= 0.6 is 11.3 Å². The van der Waals surface area contributed by atoms with Crippen molar-refractivity contribution in [2.75, 3.05) is 19.2 Å². The van der Waals surface area contributed by atoms with E-state index in [4.69, 9.17) is 14.2 Å². The first kappa shape index (κ1) is 17.3. The van der Waals surface area contributed by atoms with Gasteiger partial charge in [0.25, 0.3) is 0 Å². The Balaban J connectivity index is 1.44. The summed E-state index contributed by atoms with van der Waals surface area (Å²) in [6.07, 6.45) is 2.14. The molecular formula is C21H16N4O4S. The predicted molar refractivity (Wildman–Crippen MR) is 111 cm³/mol. The summed E-state index contributed by atoms with van der Waals surface area (Å²) in [5.74, 6) is 2.67. The number of nitrogens with zero attached hydrogens (tertiary/aromatic N) is 3. The molecule has 30 heavy (non-hydrogen) atoms. The summed E-state index contributed by atoms with van der Waals surface area (Å²) in [4.78, 5) is 17.2. The van der Waals surface area contributed by atoms with Crippen LogP contribution in [0.4, 0.5) is 5.82 Å². The Hall–Kier alpha value is -3.59. The minimum Gasteiger partial charge on any atom is -0.497 e. The number of ether oxygens (including phenoxy) is 3. The molecule has 1 atom stereocenters. The number of thiazole rings is 1. The van der Waals surface area contributed by atoms with Crippen LogP contribution in [0, 0.1) is 0 Å². The highest BCUT2D eigenvalue weighted by molar-refractivity contribution is 7.20. The molecule has 9 heteroatoms. The van der Waals surface area contributed by atoms with Crippen molar-refractivity contribution in [2.45, 2.75) is 12.3 Å². The summed E-state index contributed by atoms with van der Waals surface area (Å²) in [5, 5.41) is 8.21. The summed E-state index contributed by atoms with van der Waals surface area (Å²) in [6, 6.07) is 11.5. The third-order valence-corrected chi connectivity index (χ3v) is 6.38. The molecule has 0 fully saturated rings. The maximum atomic E-state index is 12.5. The normalized spacial score (nSPS) is 17.1. The number of aromatic nitrogens is 3. The van der Waals surface area contributed by atoms with Crippen LogP contribution in [0.1, 0.15) is 23.5 Å². The van der Waals surface area contributed by atoms with Gasteiger partial charge in [0.05, 0.1) is 23.5 Å². The van der Waals surface area contributed by atoms with Gasteiger partial charge in [-0.25, -0.2) is 4.98 Å². The minimum atomic E-state index is -0.119. The van der Waals surface area contributed by atoms with E-state index >= 15 is 0 Å². The summed E-state index contributed by atoms with van der Waals surface area (Å²) in [7, 11) is 1.64. The Labute approximate surface area is 175 Å². The fourth-order valence-corrected chi connectivity index (χ4v) is 4.86. The number of carbonyl (C=O) groups excluding carboxylic acids is 1. The molecule has 0 spiro atoms. The highest BCUT2D eigenvalue weighted by atomic mass is 32.1. The number of amides is 1. The molecule has 1 amide bonds. The number of carbonyl (C=O) groups is 1. The summed E-state index contributed by atoms with van der Waals surface area (Å²) >= 11 is 1.49. The van der Waals surface area contributed by atoms with Crippen molar-refractivity contribution in [2.24, 2.45) is 0 Å². The van der Waals surface area contributed by atoms with Crippen molar-refractivity contribution >= 4 is 33.3 Å². The topological polar surface area (TPSA) is 87.5 Å². The van der Waals surface area contributed by atoms with Gasteiger partial charge in [-0.1, -0.05) is 17.4 Å². The van der Waals surface area contributed by atoms with Crippen LogP contribution in [0.3, 0.4) is 0 Å². The molecule has 8 nitrogen and oxygen atoms in total. The standard InChI is InChI=1S/C21H16N4O4S/c1-27-12-3-4-15-18(7-12)30-21(23-15)25-20-14(9-22-25)13(8-19(26)24-20)11-2-5-16-17(6-11)29-10-28-16/h2-7,9,13H,8,10H2,1H3,(H,24,26)/t13-/m1/s1. The monoisotopic (exact) mass is 420 g/mol.